The lowest BCUT2D eigenvalue weighted by Gasteiger charge is -2.17. The minimum absolute atomic E-state index is 0.0942. The smallest absolute Gasteiger partial charge is 0.251 e. The van der Waals surface area contributed by atoms with Gasteiger partial charge in [0.15, 0.2) is 0 Å². The SMILES string of the molecule is CN(CCc1ccncc1)C(=O)CNC(=O)c1ccc(F)cc1. The summed E-state index contributed by atoms with van der Waals surface area (Å²) < 4.78 is 12.8. The van der Waals surface area contributed by atoms with E-state index >= 15 is 0 Å². The number of hydrogen-bond acceptors (Lipinski definition) is 3. The van der Waals surface area contributed by atoms with Gasteiger partial charge in [-0.25, -0.2) is 4.39 Å². The molecule has 0 aliphatic carbocycles. The van der Waals surface area contributed by atoms with Gasteiger partial charge in [-0.3, -0.25) is 14.6 Å². The summed E-state index contributed by atoms with van der Waals surface area (Å²) in [6, 6.07) is 8.96. The van der Waals surface area contributed by atoms with Crippen LogP contribution in [-0.2, 0) is 11.2 Å². The van der Waals surface area contributed by atoms with Crippen LogP contribution in [0.3, 0.4) is 0 Å². The van der Waals surface area contributed by atoms with Crippen molar-refractivity contribution in [3.63, 3.8) is 0 Å². The highest BCUT2D eigenvalue weighted by Gasteiger charge is 2.11. The Bertz CT molecular complexity index is 659. The Kier molecular flexibility index (Phi) is 5.80. The fourth-order valence-corrected chi connectivity index (χ4v) is 1.97. The molecule has 0 spiro atoms. The molecular formula is C17H18FN3O2. The maximum Gasteiger partial charge on any atom is 0.251 e. The Morgan fingerprint density at radius 1 is 1.13 bits per heavy atom. The minimum Gasteiger partial charge on any atom is -0.344 e. The Balaban J connectivity index is 1.77. The minimum atomic E-state index is -0.409. The third-order valence-corrected chi connectivity index (χ3v) is 3.42. The van der Waals surface area contributed by atoms with Crippen molar-refractivity contribution in [2.45, 2.75) is 6.42 Å². The van der Waals surface area contributed by atoms with E-state index < -0.39 is 11.7 Å². The summed E-state index contributed by atoms with van der Waals surface area (Å²) in [5, 5.41) is 2.53. The quantitative estimate of drug-likeness (QED) is 0.882. The zero-order valence-electron chi connectivity index (χ0n) is 12.8. The molecule has 5 nitrogen and oxygen atoms in total. The molecule has 0 atom stereocenters. The summed E-state index contributed by atoms with van der Waals surface area (Å²) in [5.41, 5.74) is 1.41. The molecule has 0 aliphatic heterocycles. The number of carbonyl (C=O) groups excluding carboxylic acids is 2. The number of rotatable bonds is 6. The van der Waals surface area contributed by atoms with Crippen LogP contribution in [0.4, 0.5) is 4.39 Å². The van der Waals surface area contributed by atoms with Gasteiger partial charge in [0.1, 0.15) is 5.82 Å². The number of aromatic nitrogens is 1. The van der Waals surface area contributed by atoms with E-state index in [4.69, 9.17) is 0 Å². The highest BCUT2D eigenvalue weighted by atomic mass is 19.1. The van der Waals surface area contributed by atoms with Crippen LogP contribution >= 0.6 is 0 Å². The van der Waals surface area contributed by atoms with E-state index in [1.54, 1.807) is 24.3 Å². The molecule has 0 saturated heterocycles. The highest BCUT2D eigenvalue weighted by molar-refractivity contribution is 5.96. The first kappa shape index (κ1) is 16.6. The van der Waals surface area contributed by atoms with Gasteiger partial charge in [0.25, 0.3) is 5.91 Å². The maximum absolute atomic E-state index is 12.8. The molecule has 23 heavy (non-hydrogen) atoms. The maximum atomic E-state index is 12.8. The molecule has 1 aromatic carbocycles. The number of carbonyl (C=O) groups is 2. The van der Waals surface area contributed by atoms with Gasteiger partial charge in [-0.1, -0.05) is 0 Å². The molecular weight excluding hydrogens is 297 g/mol. The molecule has 2 amide bonds. The zero-order chi connectivity index (χ0) is 16.7. The van der Waals surface area contributed by atoms with Gasteiger partial charge in [-0.15, -0.1) is 0 Å². The van der Waals surface area contributed by atoms with Crippen molar-refractivity contribution in [2.75, 3.05) is 20.1 Å². The van der Waals surface area contributed by atoms with Gasteiger partial charge in [0.05, 0.1) is 6.54 Å². The van der Waals surface area contributed by atoms with Crippen LogP contribution in [0.2, 0.25) is 0 Å². The number of halogens is 1. The summed E-state index contributed by atoms with van der Waals surface area (Å²) >= 11 is 0. The van der Waals surface area contributed by atoms with E-state index in [1.165, 1.54) is 24.3 Å². The number of amides is 2. The molecule has 1 N–H and O–H groups in total. The van der Waals surface area contributed by atoms with E-state index in [9.17, 15) is 14.0 Å². The predicted octanol–water partition coefficient (Wildman–Crippen LogP) is 1.65. The molecule has 0 saturated carbocycles. The van der Waals surface area contributed by atoms with Crippen LogP contribution in [0.25, 0.3) is 0 Å². The Morgan fingerprint density at radius 3 is 2.43 bits per heavy atom. The van der Waals surface area contributed by atoms with Crippen LogP contribution in [-0.4, -0.2) is 41.8 Å². The first-order chi connectivity index (χ1) is 11.1. The normalized spacial score (nSPS) is 10.2. The highest BCUT2D eigenvalue weighted by Crippen LogP contribution is 2.02. The molecule has 2 rings (SSSR count). The topological polar surface area (TPSA) is 62.3 Å². The predicted molar refractivity (Wildman–Crippen MR) is 84.3 cm³/mol. The van der Waals surface area contributed by atoms with Gasteiger partial charge < -0.3 is 10.2 Å². The molecule has 120 valence electrons. The van der Waals surface area contributed by atoms with Gasteiger partial charge in [0.2, 0.25) is 5.91 Å². The lowest BCUT2D eigenvalue weighted by atomic mass is 10.2. The van der Waals surface area contributed by atoms with Crippen LogP contribution in [0, 0.1) is 5.82 Å². The third kappa shape index (κ3) is 5.18. The van der Waals surface area contributed by atoms with E-state index in [-0.39, 0.29) is 12.5 Å². The molecule has 0 aliphatic rings. The molecule has 6 heteroatoms. The van der Waals surface area contributed by atoms with Crippen molar-refractivity contribution in [1.82, 2.24) is 15.2 Å². The summed E-state index contributed by atoms with van der Waals surface area (Å²) in [5.74, 6) is -0.996. The number of benzene rings is 1. The van der Waals surface area contributed by atoms with Gasteiger partial charge >= 0.3 is 0 Å². The van der Waals surface area contributed by atoms with Crippen LogP contribution in [0.1, 0.15) is 15.9 Å². The summed E-state index contributed by atoms with van der Waals surface area (Å²) in [6.07, 6.45) is 4.14. The molecule has 0 radical (unpaired) electrons. The second-order valence-electron chi connectivity index (χ2n) is 5.11. The van der Waals surface area contributed by atoms with E-state index in [2.05, 4.69) is 10.3 Å². The Hall–Kier alpha value is -2.76. The van der Waals surface area contributed by atoms with Crippen molar-refractivity contribution < 1.29 is 14.0 Å². The Morgan fingerprint density at radius 2 is 1.78 bits per heavy atom. The van der Waals surface area contributed by atoms with Crippen molar-refractivity contribution in [1.29, 1.82) is 0 Å². The second-order valence-corrected chi connectivity index (χ2v) is 5.11. The third-order valence-electron chi connectivity index (χ3n) is 3.42. The van der Waals surface area contributed by atoms with Crippen LogP contribution in [0.15, 0.2) is 48.8 Å². The number of hydrogen-bond donors (Lipinski definition) is 1. The zero-order valence-corrected chi connectivity index (χ0v) is 12.8. The molecule has 1 aromatic heterocycles. The average molecular weight is 315 g/mol. The molecule has 2 aromatic rings. The van der Waals surface area contributed by atoms with Gasteiger partial charge in [0, 0.05) is 31.5 Å². The molecule has 0 unspecified atom stereocenters. The van der Waals surface area contributed by atoms with Gasteiger partial charge in [-0.05, 0) is 48.4 Å². The van der Waals surface area contributed by atoms with Crippen LogP contribution in [0.5, 0.6) is 0 Å². The van der Waals surface area contributed by atoms with Crippen molar-refractivity contribution >= 4 is 11.8 Å². The van der Waals surface area contributed by atoms with Crippen LogP contribution < -0.4 is 5.32 Å². The standard InChI is InChI=1S/C17H18FN3O2/c1-21(11-8-13-6-9-19-10-7-13)16(22)12-20-17(23)14-2-4-15(18)5-3-14/h2-7,9-10H,8,11-12H2,1H3,(H,20,23). The second kappa shape index (κ2) is 8.03. The lowest BCUT2D eigenvalue weighted by molar-refractivity contribution is -0.128. The monoisotopic (exact) mass is 315 g/mol. The number of pyridine rings is 1. The fraction of sp³-hybridized carbons (Fsp3) is 0.235. The molecule has 0 bridgehead atoms. The largest absolute Gasteiger partial charge is 0.344 e. The summed E-state index contributed by atoms with van der Waals surface area (Å²) in [4.78, 5) is 29.3. The number of nitrogens with zero attached hydrogens (tertiary/aromatic N) is 2. The number of nitrogens with one attached hydrogen (secondary N) is 1. The lowest BCUT2D eigenvalue weighted by Crippen LogP contribution is -2.39. The fourth-order valence-electron chi connectivity index (χ4n) is 1.97. The molecule has 0 fully saturated rings. The molecule has 1 heterocycles. The van der Waals surface area contributed by atoms with Crippen molar-refractivity contribution in [2.24, 2.45) is 0 Å². The van der Waals surface area contributed by atoms with Crippen molar-refractivity contribution in [3.8, 4) is 0 Å². The first-order valence-electron chi connectivity index (χ1n) is 7.23. The Labute approximate surface area is 134 Å². The summed E-state index contributed by atoms with van der Waals surface area (Å²) in [6.45, 7) is 0.457. The van der Waals surface area contributed by atoms with E-state index in [0.29, 0.717) is 12.1 Å². The summed E-state index contributed by atoms with van der Waals surface area (Å²) in [7, 11) is 1.69. The van der Waals surface area contributed by atoms with Crippen molar-refractivity contribution in [3.05, 3.63) is 65.7 Å². The van der Waals surface area contributed by atoms with E-state index in [1.807, 2.05) is 12.1 Å². The number of likely N-dealkylation sites (N-methyl/N-ethyl adjacent to an activating group) is 1. The first-order valence-corrected chi connectivity index (χ1v) is 7.23. The van der Waals surface area contributed by atoms with Gasteiger partial charge in [-0.2, -0.15) is 0 Å². The van der Waals surface area contributed by atoms with E-state index in [0.717, 1.165) is 12.0 Å². The average Bonchev–Trinajstić information content (AvgIpc) is 2.58.